The summed E-state index contributed by atoms with van der Waals surface area (Å²) >= 11 is 0. The van der Waals surface area contributed by atoms with E-state index >= 15 is 0 Å². The normalized spacial score (nSPS) is 10.9. The molecule has 2 rings (SSSR count). The fourth-order valence-corrected chi connectivity index (χ4v) is 1.84. The third-order valence-electron chi connectivity index (χ3n) is 2.73. The summed E-state index contributed by atoms with van der Waals surface area (Å²) in [6.07, 6.45) is -4.91. The molecule has 0 aliphatic rings. The second-order valence-corrected chi connectivity index (χ2v) is 4.22. The number of nitriles is 1. The fraction of sp³-hybridized carbons (Fsp3) is 0.154. The molecule has 0 saturated heterocycles. The molecule has 1 aromatic heterocycles. The molecule has 0 unspecified atom stereocenters. The van der Waals surface area contributed by atoms with Crippen LogP contribution in [0.2, 0.25) is 0 Å². The summed E-state index contributed by atoms with van der Waals surface area (Å²) in [6, 6.07) is 5.44. The first-order valence-corrected chi connectivity index (χ1v) is 6.02. The van der Waals surface area contributed by atoms with Crippen molar-refractivity contribution in [1.82, 2.24) is 9.97 Å². The van der Waals surface area contributed by atoms with Crippen LogP contribution in [0.1, 0.15) is 5.56 Å². The Morgan fingerprint density at radius 1 is 1.17 bits per heavy atom. The zero-order valence-corrected chi connectivity index (χ0v) is 11.7. The van der Waals surface area contributed by atoms with Crippen molar-refractivity contribution in [2.75, 3.05) is 18.6 Å². The van der Waals surface area contributed by atoms with Crippen molar-refractivity contribution in [3.05, 3.63) is 23.8 Å². The first-order chi connectivity index (χ1) is 10.7. The number of nitrogen functional groups attached to an aromatic ring is 2. The van der Waals surface area contributed by atoms with Crippen LogP contribution in [-0.4, -0.2) is 23.4 Å². The maximum Gasteiger partial charge on any atom is 0.573 e. The molecule has 0 amide bonds. The van der Waals surface area contributed by atoms with Gasteiger partial charge < -0.3 is 20.9 Å². The van der Waals surface area contributed by atoms with Crippen LogP contribution < -0.4 is 20.9 Å². The molecule has 0 spiro atoms. The van der Waals surface area contributed by atoms with Gasteiger partial charge in [0, 0.05) is 5.56 Å². The Bertz CT molecular complexity index is 786. The maximum absolute atomic E-state index is 12.5. The summed E-state index contributed by atoms with van der Waals surface area (Å²) in [4.78, 5) is 7.49. The minimum atomic E-state index is -4.91. The molecule has 0 fully saturated rings. The molecule has 0 atom stereocenters. The minimum Gasteiger partial charge on any atom is -0.493 e. The lowest BCUT2D eigenvalue weighted by Gasteiger charge is -2.14. The topological polar surface area (TPSA) is 120 Å². The van der Waals surface area contributed by atoms with E-state index in [9.17, 15) is 13.2 Å². The zero-order chi connectivity index (χ0) is 17.2. The number of aromatic nitrogens is 2. The Hall–Kier alpha value is -3.22. The Morgan fingerprint density at radius 2 is 1.87 bits per heavy atom. The molecule has 7 nitrogen and oxygen atoms in total. The molecule has 23 heavy (non-hydrogen) atoms. The zero-order valence-electron chi connectivity index (χ0n) is 11.7. The van der Waals surface area contributed by atoms with Gasteiger partial charge in [0.1, 0.15) is 17.5 Å². The van der Waals surface area contributed by atoms with Crippen molar-refractivity contribution < 1.29 is 22.6 Å². The fourth-order valence-electron chi connectivity index (χ4n) is 1.84. The molecule has 0 aliphatic heterocycles. The van der Waals surface area contributed by atoms with Crippen LogP contribution >= 0.6 is 0 Å². The molecule has 1 heterocycles. The molecule has 4 N–H and O–H groups in total. The van der Waals surface area contributed by atoms with E-state index in [1.807, 2.05) is 0 Å². The largest absolute Gasteiger partial charge is 0.573 e. The number of ether oxygens (including phenoxy) is 2. The van der Waals surface area contributed by atoms with Gasteiger partial charge in [-0.1, -0.05) is 0 Å². The first-order valence-electron chi connectivity index (χ1n) is 6.02. The predicted octanol–water partition coefficient (Wildman–Crippen LogP) is 2.09. The van der Waals surface area contributed by atoms with E-state index in [2.05, 4.69) is 14.7 Å². The standard InChI is InChI=1S/C13H10F3N5O2/c1-22-8-3-2-6(4-9(8)23-13(14,15)16)10-7(5-17)11(18)21-12(19)20-10/h2-4H,1H3,(H4,18,19,20,21). The lowest BCUT2D eigenvalue weighted by atomic mass is 10.1. The second kappa shape index (κ2) is 5.88. The summed E-state index contributed by atoms with van der Waals surface area (Å²) in [5.74, 6) is -1.12. The smallest absolute Gasteiger partial charge is 0.493 e. The second-order valence-electron chi connectivity index (χ2n) is 4.22. The van der Waals surface area contributed by atoms with Crippen molar-refractivity contribution in [1.29, 1.82) is 5.26 Å². The number of alkyl halides is 3. The van der Waals surface area contributed by atoms with Crippen LogP contribution in [0.25, 0.3) is 11.3 Å². The van der Waals surface area contributed by atoms with Gasteiger partial charge in [-0.05, 0) is 18.2 Å². The average molecular weight is 325 g/mol. The highest BCUT2D eigenvalue weighted by atomic mass is 19.4. The van der Waals surface area contributed by atoms with Gasteiger partial charge in [-0.15, -0.1) is 13.2 Å². The highest BCUT2D eigenvalue weighted by molar-refractivity contribution is 5.74. The summed E-state index contributed by atoms with van der Waals surface area (Å²) in [5.41, 5.74) is 11.1. The van der Waals surface area contributed by atoms with E-state index in [1.54, 1.807) is 6.07 Å². The Morgan fingerprint density at radius 3 is 2.43 bits per heavy atom. The molecule has 2 aromatic rings. The Kier molecular flexibility index (Phi) is 4.13. The number of benzene rings is 1. The highest BCUT2D eigenvalue weighted by Crippen LogP contribution is 2.36. The summed E-state index contributed by atoms with van der Waals surface area (Å²) in [6.45, 7) is 0. The van der Waals surface area contributed by atoms with E-state index in [4.69, 9.17) is 21.5 Å². The average Bonchev–Trinajstić information content (AvgIpc) is 2.44. The van der Waals surface area contributed by atoms with E-state index < -0.39 is 12.1 Å². The van der Waals surface area contributed by atoms with Crippen molar-refractivity contribution in [3.8, 4) is 28.8 Å². The van der Waals surface area contributed by atoms with Gasteiger partial charge in [0.05, 0.1) is 12.8 Å². The number of methoxy groups -OCH3 is 1. The molecular formula is C13H10F3N5O2. The van der Waals surface area contributed by atoms with E-state index in [0.29, 0.717) is 0 Å². The van der Waals surface area contributed by atoms with Gasteiger partial charge in [-0.25, -0.2) is 4.98 Å². The summed E-state index contributed by atoms with van der Waals surface area (Å²) < 4.78 is 46.1. The van der Waals surface area contributed by atoms with Crippen molar-refractivity contribution in [2.45, 2.75) is 6.36 Å². The van der Waals surface area contributed by atoms with Crippen LogP contribution in [0.3, 0.4) is 0 Å². The lowest BCUT2D eigenvalue weighted by Crippen LogP contribution is -2.17. The molecule has 0 bridgehead atoms. The van der Waals surface area contributed by atoms with E-state index in [-0.39, 0.29) is 34.3 Å². The number of anilines is 2. The van der Waals surface area contributed by atoms with Crippen molar-refractivity contribution in [3.63, 3.8) is 0 Å². The Balaban J connectivity index is 2.62. The number of rotatable bonds is 3. The lowest BCUT2D eigenvalue weighted by molar-refractivity contribution is -0.275. The van der Waals surface area contributed by atoms with Crippen molar-refractivity contribution >= 4 is 11.8 Å². The number of nitrogens with zero attached hydrogens (tertiary/aromatic N) is 3. The molecule has 0 radical (unpaired) electrons. The number of hydrogen-bond donors (Lipinski definition) is 2. The van der Waals surface area contributed by atoms with Crippen molar-refractivity contribution in [2.24, 2.45) is 0 Å². The van der Waals surface area contributed by atoms with Gasteiger partial charge in [-0.2, -0.15) is 10.2 Å². The van der Waals surface area contributed by atoms with Gasteiger partial charge in [0.2, 0.25) is 5.95 Å². The molecule has 10 heteroatoms. The molecule has 120 valence electrons. The molecule has 0 aliphatic carbocycles. The van der Waals surface area contributed by atoms with E-state index in [0.717, 1.165) is 6.07 Å². The van der Waals surface area contributed by atoms with Crippen LogP contribution in [-0.2, 0) is 0 Å². The third-order valence-corrected chi connectivity index (χ3v) is 2.73. The van der Waals surface area contributed by atoms with Crippen LogP contribution in [0.15, 0.2) is 18.2 Å². The first kappa shape index (κ1) is 16.2. The van der Waals surface area contributed by atoms with E-state index in [1.165, 1.54) is 19.2 Å². The van der Waals surface area contributed by atoms with Gasteiger partial charge in [0.15, 0.2) is 11.5 Å². The van der Waals surface area contributed by atoms with Gasteiger partial charge in [-0.3, -0.25) is 0 Å². The number of hydrogen-bond acceptors (Lipinski definition) is 7. The van der Waals surface area contributed by atoms with Crippen LogP contribution in [0, 0.1) is 11.3 Å². The SMILES string of the molecule is COc1ccc(-c2nc(N)nc(N)c2C#N)cc1OC(F)(F)F. The third kappa shape index (κ3) is 3.52. The maximum atomic E-state index is 12.5. The summed E-state index contributed by atoms with van der Waals surface area (Å²) in [5, 5.41) is 9.12. The van der Waals surface area contributed by atoms with Crippen LogP contribution in [0.4, 0.5) is 24.9 Å². The van der Waals surface area contributed by atoms with Gasteiger partial charge >= 0.3 is 6.36 Å². The molecule has 1 aromatic carbocycles. The quantitative estimate of drug-likeness (QED) is 0.886. The van der Waals surface area contributed by atoms with Crippen LogP contribution in [0.5, 0.6) is 11.5 Å². The molecule has 0 saturated carbocycles. The summed E-state index contributed by atoms with van der Waals surface area (Å²) in [7, 11) is 1.19. The predicted molar refractivity (Wildman–Crippen MR) is 74.2 cm³/mol. The molecular weight excluding hydrogens is 315 g/mol. The Labute approximate surface area is 128 Å². The number of nitrogens with two attached hydrogens (primary N) is 2. The minimum absolute atomic E-state index is 0.00724. The monoisotopic (exact) mass is 325 g/mol. The number of halogens is 3. The highest BCUT2D eigenvalue weighted by Gasteiger charge is 2.32. The van der Waals surface area contributed by atoms with Gasteiger partial charge in [0.25, 0.3) is 0 Å².